The first kappa shape index (κ1) is 16.5. The van der Waals surface area contributed by atoms with Gasteiger partial charge < -0.3 is 0 Å². The van der Waals surface area contributed by atoms with Crippen LogP contribution >= 0.6 is 22.9 Å². The number of thiophene rings is 1. The first-order chi connectivity index (χ1) is 9.86. The molecule has 0 N–H and O–H groups in total. The van der Waals surface area contributed by atoms with E-state index in [2.05, 4.69) is 0 Å². The molecule has 2 aromatic rings. The molecule has 0 radical (unpaired) electrons. The van der Waals surface area contributed by atoms with Gasteiger partial charge in [0.2, 0.25) is 10.0 Å². The minimum absolute atomic E-state index is 0.303. The molecule has 0 bridgehead atoms. The van der Waals surface area contributed by atoms with Crippen LogP contribution in [0.15, 0.2) is 33.9 Å². The van der Waals surface area contributed by atoms with Crippen molar-refractivity contribution in [3.8, 4) is 0 Å². The Morgan fingerprint density at radius 3 is 2.52 bits per heavy atom. The first-order valence-corrected chi connectivity index (χ1v) is 9.41. The molecular weight excluding hydrogens is 326 g/mol. The summed E-state index contributed by atoms with van der Waals surface area (Å²) in [5.74, 6) is 0.303. The van der Waals surface area contributed by atoms with Gasteiger partial charge in [-0.25, -0.2) is 8.42 Å². The summed E-state index contributed by atoms with van der Waals surface area (Å²) >= 11 is 7.42. The van der Waals surface area contributed by atoms with Crippen molar-refractivity contribution >= 4 is 33.0 Å². The summed E-state index contributed by atoms with van der Waals surface area (Å²) in [6.45, 7) is 4.11. The lowest BCUT2D eigenvalue weighted by Gasteiger charge is -2.19. The third-order valence-corrected chi connectivity index (χ3v) is 6.48. The van der Waals surface area contributed by atoms with E-state index >= 15 is 0 Å². The van der Waals surface area contributed by atoms with Crippen LogP contribution in [0.4, 0.5) is 0 Å². The number of rotatable bonds is 5. The molecule has 0 spiro atoms. The topological polar surface area (TPSA) is 37.4 Å². The fourth-order valence-corrected chi connectivity index (χ4v) is 4.45. The number of alkyl halides is 1. The zero-order chi connectivity index (χ0) is 15.6. The van der Waals surface area contributed by atoms with Crippen molar-refractivity contribution in [2.75, 3.05) is 7.05 Å². The molecule has 1 aromatic carbocycles. The Hall–Kier alpha value is -0.880. The Bertz CT molecular complexity index is 724. The van der Waals surface area contributed by atoms with E-state index in [-0.39, 0.29) is 0 Å². The van der Waals surface area contributed by atoms with Crippen LogP contribution in [0.2, 0.25) is 0 Å². The van der Waals surface area contributed by atoms with Crippen molar-refractivity contribution in [1.29, 1.82) is 0 Å². The van der Waals surface area contributed by atoms with Crippen molar-refractivity contribution in [3.05, 3.63) is 51.2 Å². The van der Waals surface area contributed by atoms with Gasteiger partial charge in [0.05, 0.1) is 4.90 Å². The summed E-state index contributed by atoms with van der Waals surface area (Å²) in [4.78, 5) is 0.343. The zero-order valence-corrected chi connectivity index (χ0v) is 14.6. The first-order valence-electron chi connectivity index (χ1n) is 6.49. The molecule has 114 valence electrons. The second-order valence-electron chi connectivity index (χ2n) is 5.06. The molecule has 0 saturated heterocycles. The lowest BCUT2D eigenvalue weighted by atomic mass is 10.1. The summed E-state index contributed by atoms with van der Waals surface area (Å²) < 4.78 is 27.0. The smallest absolute Gasteiger partial charge is 0.207 e. The van der Waals surface area contributed by atoms with E-state index in [0.717, 1.165) is 22.3 Å². The van der Waals surface area contributed by atoms with Crippen LogP contribution < -0.4 is 0 Å². The van der Waals surface area contributed by atoms with Gasteiger partial charge in [-0.3, -0.25) is 0 Å². The van der Waals surface area contributed by atoms with Crippen LogP contribution in [0, 0.1) is 13.8 Å². The third kappa shape index (κ3) is 3.48. The predicted molar refractivity (Wildman–Crippen MR) is 88.4 cm³/mol. The van der Waals surface area contributed by atoms with Crippen LogP contribution in [-0.2, 0) is 22.4 Å². The molecule has 0 fully saturated rings. The van der Waals surface area contributed by atoms with Crippen LogP contribution in [0.3, 0.4) is 0 Å². The Morgan fingerprint density at radius 2 is 1.95 bits per heavy atom. The summed E-state index contributed by atoms with van der Waals surface area (Å²) in [5, 5.41) is 3.90. The van der Waals surface area contributed by atoms with E-state index in [1.54, 1.807) is 24.5 Å². The van der Waals surface area contributed by atoms with Gasteiger partial charge in [-0.05, 0) is 59.0 Å². The highest BCUT2D eigenvalue weighted by molar-refractivity contribution is 7.89. The summed E-state index contributed by atoms with van der Waals surface area (Å²) in [6.07, 6.45) is 0. The molecule has 0 saturated carbocycles. The van der Waals surface area contributed by atoms with Gasteiger partial charge in [-0.1, -0.05) is 6.07 Å². The maximum absolute atomic E-state index is 12.8. The molecule has 2 rings (SSSR count). The number of aryl methyl sites for hydroxylation is 1. The summed E-state index contributed by atoms with van der Waals surface area (Å²) in [6, 6.07) is 5.54. The van der Waals surface area contributed by atoms with Gasteiger partial charge in [0, 0.05) is 19.5 Å². The molecule has 21 heavy (non-hydrogen) atoms. The standard InChI is InChI=1S/C15H18ClNO2S2/c1-11-6-14(8-16)7-15(12(11)2)21(18,19)17(3)9-13-4-5-20-10-13/h4-7,10H,8-9H2,1-3H3. The highest BCUT2D eigenvalue weighted by Crippen LogP contribution is 2.25. The number of halogens is 1. The van der Waals surface area contributed by atoms with E-state index < -0.39 is 10.0 Å². The average Bonchev–Trinajstić information content (AvgIpc) is 2.94. The molecule has 0 unspecified atom stereocenters. The molecule has 1 aromatic heterocycles. The number of hydrogen-bond acceptors (Lipinski definition) is 3. The normalized spacial score (nSPS) is 12.0. The quantitative estimate of drug-likeness (QED) is 0.771. The van der Waals surface area contributed by atoms with E-state index in [0.29, 0.717) is 17.3 Å². The SMILES string of the molecule is Cc1cc(CCl)cc(S(=O)(=O)N(C)Cc2ccsc2)c1C. The largest absolute Gasteiger partial charge is 0.243 e. The minimum Gasteiger partial charge on any atom is -0.207 e. The molecular formula is C15H18ClNO2S2. The van der Waals surface area contributed by atoms with Gasteiger partial charge >= 0.3 is 0 Å². The third-order valence-electron chi connectivity index (χ3n) is 3.51. The Morgan fingerprint density at radius 1 is 1.24 bits per heavy atom. The zero-order valence-electron chi connectivity index (χ0n) is 12.3. The monoisotopic (exact) mass is 343 g/mol. The van der Waals surface area contributed by atoms with Crippen LogP contribution in [0.5, 0.6) is 0 Å². The van der Waals surface area contributed by atoms with Crippen molar-refractivity contribution in [2.24, 2.45) is 0 Å². The summed E-state index contributed by atoms with van der Waals surface area (Å²) in [5.41, 5.74) is 3.54. The molecule has 0 aliphatic carbocycles. The van der Waals surface area contributed by atoms with Crippen LogP contribution in [-0.4, -0.2) is 19.8 Å². The molecule has 6 heteroatoms. The fourth-order valence-electron chi connectivity index (χ4n) is 2.14. The highest BCUT2D eigenvalue weighted by Gasteiger charge is 2.24. The van der Waals surface area contributed by atoms with Crippen LogP contribution in [0.25, 0.3) is 0 Å². The second-order valence-corrected chi connectivity index (χ2v) is 8.12. The van der Waals surface area contributed by atoms with E-state index in [9.17, 15) is 8.42 Å². The van der Waals surface area contributed by atoms with Crippen molar-refractivity contribution in [2.45, 2.75) is 31.2 Å². The van der Waals surface area contributed by atoms with Crippen molar-refractivity contribution < 1.29 is 8.42 Å². The minimum atomic E-state index is -3.52. The number of benzene rings is 1. The molecule has 1 heterocycles. The number of sulfonamides is 1. The molecule has 0 atom stereocenters. The molecule has 3 nitrogen and oxygen atoms in total. The van der Waals surface area contributed by atoms with Crippen LogP contribution in [0.1, 0.15) is 22.3 Å². The number of nitrogens with zero attached hydrogens (tertiary/aromatic N) is 1. The maximum atomic E-state index is 12.8. The molecule has 0 aliphatic rings. The van der Waals surface area contributed by atoms with E-state index in [1.807, 2.05) is 36.7 Å². The van der Waals surface area contributed by atoms with E-state index in [1.165, 1.54) is 4.31 Å². The predicted octanol–water partition coefficient (Wildman–Crippen LogP) is 3.92. The lowest BCUT2D eigenvalue weighted by Crippen LogP contribution is -2.27. The average molecular weight is 344 g/mol. The Kier molecular flexibility index (Phi) is 5.09. The Balaban J connectivity index is 2.41. The van der Waals surface area contributed by atoms with Gasteiger partial charge in [-0.15, -0.1) is 11.6 Å². The van der Waals surface area contributed by atoms with E-state index in [4.69, 9.17) is 11.6 Å². The number of hydrogen-bond donors (Lipinski definition) is 0. The van der Waals surface area contributed by atoms with Gasteiger partial charge in [0.1, 0.15) is 0 Å². The van der Waals surface area contributed by atoms with Crippen molar-refractivity contribution in [3.63, 3.8) is 0 Å². The molecule has 0 aliphatic heterocycles. The van der Waals surface area contributed by atoms with Gasteiger partial charge in [-0.2, -0.15) is 15.6 Å². The highest BCUT2D eigenvalue weighted by atomic mass is 35.5. The fraction of sp³-hybridized carbons (Fsp3) is 0.333. The van der Waals surface area contributed by atoms with Crippen molar-refractivity contribution in [1.82, 2.24) is 4.31 Å². The van der Waals surface area contributed by atoms with Gasteiger partial charge in [0.25, 0.3) is 0 Å². The Labute approximate surface area is 135 Å². The van der Waals surface area contributed by atoms with Gasteiger partial charge in [0.15, 0.2) is 0 Å². The lowest BCUT2D eigenvalue weighted by molar-refractivity contribution is 0.466. The molecule has 0 amide bonds. The maximum Gasteiger partial charge on any atom is 0.243 e. The second kappa shape index (κ2) is 6.48. The summed E-state index contributed by atoms with van der Waals surface area (Å²) in [7, 11) is -1.92.